The summed E-state index contributed by atoms with van der Waals surface area (Å²) in [6.45, 7) is 7.02. The van der Waals surface area contributed by atoms with Crippen molar-refractivity contribution in [2.45, 2.75) is 38.5 Å². The Hall–Kier alpha value is -2.38. The van der Waals surface area contributed by atoms with Crippen molar-refractivity contribution in [3.8, 4) is 5.75 Å². The lowest BCUT2D eigenvalue weighted by atomic mass is 10.0. The molecule has 0 aromatic heterocycles. The van der Waals surface area contributed by atoms with Crippen LogP contribution in [-0.4, -0.2) is 38.3 Å². The van der Waals surface area contributed by atoms with Crippen LogP contribution in [0, 0.1) is 13.8 Å². The third-order valence-electron chi connectivity index (χ3n) is 5.03. The zero-order chi connectivity index (χ0) is 20.3. The minimum Gasteiger partial charge on any atom is -0.492 e. The van der Waals surface area contributed by atoms with Gasteiger partial charge in [-0.15, -0.1) is 0 Å². The van der Waals surface area contributed by atoms with Crippen molar-refractivity contribution in [1.82, 2.24) is 4.31 Å². The number of carbonyl (C=O) groups excluding carboxylic acids is 1. The fourth-order valence-corrected chi connectivity index (χ4v) is 5.00. The van der Waals surface area contributed by atoms with Crippen LogP contribution in [0.4, 0.5) is 5.69 Å². The number of nitrogens with one attached hydrogen (secondary N) is 1. The van der Waals surface area contributed by atoms with Crippen LogP contribution in [0.2, 0.25) is 0 Å². The molecule has 0 spiro atoms. The number of hydrogen-bond acceptors (Lipinski definition) is 4. The van der Waals surface area contributed by atoms with Crippen molar-refractivity contribution in [3.63, 3.8) is 0 Å². The number of carbonyl (C=O) groups is 1. The Balaban J connectivity index is 1.94. The summed E-state index contributed by atoms with van der Waals surface area (Å²) in [5.74, 6) is 0.0361. The molecule has 1 amide bonds. The van der Waals surface area contributed by atoms with Gasteiger partial charge in [-0.3, -0.25) is 4.79 Å². The first-order chi connectivity index (χ1) is 13.3. The molecular weight excluding hydrogens is 376 g/mol. The Morgan fingerprint density at radius 2 is 1.86 bits per heavy atom. The van der Waals surface area contributed by atoms with Crippen molar-refractivity contribution in [2.24, 2.45) is 0 Å². The Morgan fingerprint density at radius 1 is 1.14 bits per heavy atom. The third kappa shape index (κ3) is 4.05. The molecule has 7 heteroatoms. The van der Waals surface area contributed by atoms with Crippen LogP contribution in [-0.2, 0) is 10.0 Å². The smallest absolute Gasteiger partial charge is 0.255 e. The molecule has 1 aliphatic heterocycles. The number of sulfonamides is 1. The molecule has 0 unspecified atom stereocenters. The van der Waals surface area contributed by atoms with Gasteiger partial charge in [-0.2, -0.15) is 4.31 Å². The van der Waals surface area contributed by atoms with Gasteiger partial charge < -0.3 is 10.1 Å². The average Bonchev–Trinajstić information content (AvgIpc) is 3.21. The van der Waals surface area contributed by atoms with Crippen molar-refractivity contribution in [3.05, 3.63) is 53.1 Å². The number of aryl methyl sites for hydroxylation is 1. The molecular formula is C21H26N2O4S. The standard InChI is InChI=1S/C21H26N2O4S/c1-4-27-19-11-10-17(14-20(19)28(25,26)23-12-5-6-13-23)22-21(24)18-9-7-8-15(2)16(18)3/h7-11,14H,4-6,12-13H2,1-3H3,(H,22,24). The molecule has 3 rings (SSSR count). The van der Waals surface area contributed by atoms with E-state index >= 15 is 0 Å². The molecule has 6 nitrogen and oxygen atoms in total. The van der Waals surface area contributed by atoms with Gasteiger partial charge in [0.1, 0.15) is 10.6 Å². The maximum atomic E-state index is 13.1. The molecule has 0 saturated carbocycles. The second kappa shape index (κ2) is 8.32. The van der Waals surface area contributed by atoms with E-state index in [1.54, 1.807) is 18.2 Å². The van der Waals surface area contributed by atoms with Gasteiger partial charge >= 0.3 is 0 Å². The van der Waals surface area contributed by atoms with E-state index in [2.05, 4.69) is 5.32 Å². The minimum absolute atomic E-state index is 0.0926. The van der Waals surface area contributed by atoms with Crippen molar-refractivity contribution < 1.29 is 17.9 Å². The molecule has 150 valence electrons. The van der Waals surface area contributed by atoms with Gasteiger partial charge in [0.25, 0.3) is 5.91 Å². The second-order valence-corrected chi connectivity index (χ2v) is 8.81. The predicted molar refractivity (Wildman–Crippen MR) is 109 cm³/mol. The van der Waals surface area contributed by atoms with E-state index in [1.165, 1.54) is 10.4 Å². The van der Waals surface area contributed by atoms with Crippen molar-refractivity contribution in [2.75, 3.05) is 25.0 Å². The first-order valence-electron chi connectivity index (χ1n) is 9.49. The van der Waals surface area contributed by atoms with Crippen LogP contribution >= 0.6 is 0 Å². The highest BCUT2D eigenvalue weighted by atomic mass is 32.2. The molecule has 28 heavy (non-hydrogen) atoms. The lowest BCUT2D eigenvalue weighted by Crippen LogP contribution is -2.28. The van der Waals surface area contributed by atoms with Gasteiger partial charge in [-0.05, 0) is 69.0 Å². The molecule has 0 atom stereocenters. The second-order valence-electron chi connectivity index (χ2n) is 6.91. The SMILES string of the molecule is CCOc1ccc(NC(=O)c2cccc(C)c2C)cc1S(=O)(=O)N1CCCC1. The quantitative estimate of drug-likeness (QED) is 0.799. The fraction of sp³-hybridized carbons (Fsp3) is 0.381. The Bertz CT molecular complexity index is 980. The van der Waals surface area contributed by atoms with Crippen LogP contribution < -0.4 is 10.1 Å². The topological polar surface area (TPSA) is 75.7 Å². The third-order valence-corrected chi connectivity index (χ3v) is 6.95. The van der Waals surface area contributed by atoms with E-state index in [9.17, 15) is 13.2 Å². The first-order valence-corrected chi connectivity index (χ1v) is 10.9. The Labute approximate surface area is 166 Å². The number of nitrogens with zero attached hydrogens (tertiary/aromatic N) is 1. The maximum absolute atomic E-state index is 13.1. The van der Waals surface area contributed by atoms with E-state index in [0.29, 0.717) is 36.7 Å². The largest absolute Gasteiger partial charge is 0.492 e. The highest BCUT2D eigenvalue weighted by molar-refractivity contribution is 7.89. The summed E-state index contributed by atoms with van der Waals surface area (Å²) in [5, 5.41) is 2.82. The van der Waals surface area contributed by atoms with Gasteiger partial charge in [0.05, 0.1) is 6.61 Å². The molecule has 1 N–H and O–H groups in total. The van der Waals surface area contributed by atoms with Crippen LogP contribution in [0.25, 0.3) is 0 Å². The summed E-state index contributed by atoms with van der Waals surface area (Å²) >= 11 is 0. The number of amides is 1. The lowest BCUT2D eigenvalue weighted by Gasteiger charge is -2.19. The van der Waals surface area contributed by atoms with Crippen molar-refractivity contribution in [1.29, 1.82) is 0 Å². The zero-order valence-corrected chi connectivity index (χ0v) is 17.3. The van der Waals surface area contributed by atoms with Crippen LogP contribution in [0.1, 0.15) is 41.3 Å². The Kier molecular flexibility index (Phi) is 6.05. The van der Waals surface area contributed by atoms with E-state index in [0.717, 1.165) is 24.0 Å². The predicted octanol–water partition coefficient (Wildman–Crippen LogP) is 3.74. The van der Waals surface area contributed by atoms with Gasteiger partial charge in [0, 0.05) is 24.3 Å². The van der Waals surface area contributed by atoms with Gasteiger partial charge in [0.2, 0.25) is 10.0 Å². The summed E-state index contributed by atoms with van der Waals surface area (Å²) in [4.78, 5) is 12.8. The summed E-state index contributed by atoms with van der Waals surface area (Å²) in [6, 6.07) is 10.3. The summed E-state index contributed by atoms with van der Waals surface area (Å²) in [6.07, 6.45) is 1.71. The number of benzene rings is 2. The van der Waals surface area contributed by atoms with Crippen LogP contribution in [0.15, 0.2) is 41.3 Å². The number of rotatable bonds is 6. The molecule has 2 aromatic carbocycles. The lowest BCUT2D eigenvalue weighted by molar-refractivity contribution is 0.102. The normalized spacial score (nSPS) is 14.8. The number of anilines is 1. The van der Waals surface area contributed by atoms with E-state index in [4.69, 9.17) is 4.74 Å². The molecule has 1 aliphatic rings. The summed E-state index contributed by atoms with van der Waals surface area (Å²) in [5.41, 5.74) is 2.91. The number of hydrogen-bond donors (Lipinski definition) is 1. The highest BCUT2D eigenvalue weighted by Gasteiger charge is 2.30. The molecule has 0 aliphatic carbocycles. The van der Waals surface area contributed by atoms with Crippen LogP contribution in [0.3, 0.4) is 0 Å². The van der Waals surface area contributed by atoms with E-state index < -0.39 is 10.0 Å². The first kappa shape index (κ1) is 20.4. The van der Waals surface area contributed by atoms with Gasteiger partial charge in [0.15, 0.2) is 0 Å². The average molecular weight is 403 g/mol. The summed E-state index contributed by atoms with van der Waals surface area (Å²) < 4.78 is 33.2. The van der Waals surface area contributed by atoms with E-state index in [1.807, 2.05) is 32.9 Å². The monoisotopic (exact) mass is 402 g/mol. The van der Waals surface area contributed by atoms with Gasteiger partial charge in [-0.25, -0.2) is 8.42 Å². The van der Waals surface area contributed by atoms with E-state index in [-0.39, 0.29) is 10.8 Å². The van der Waals surface area contributed by atoms with Gasteiger partial charge in [-0.1, -0.05) is 12.1 Å². The fourth-order valence-electron chi connectivity index (χ4n) is 3.33. The Morgan fingerprint density at radius 3 is 2.54 bits per heavy atom. The molecule has 1 fully saturated rings. The highest BCUT2D eigenvalue weighted by Crippen LogP contribution is 2.32. The molecule has 0 radical (unpaired) electrons. The van der Waals surface area contributed by atoms with Crippen molar-refractivity contribution >= 4 is 21.6 Å². The zero-order valence-electron chi connectivity index (χ0n) is 16.5. The van der Waals surface area contributed by atoms with Crippen LogP contribution in [0.5, 0.6) is 5.75 Å². The minimum atomic E-state index is -3.67. The number of ether oxygens (including phenoxy) is 1. The molecule has 1 heterocycles. The molecule has 0 bridgehead atoms. The molecule has 2 aromatic rings. The molecule has 1 saturated heterocycles. The maximum Gasteiger partial charge on any atom is 0.255 e. The summed E-state index contributed by atoms with van der Waals surface area (Å²) in [7, 11) is -3.67.